The Labute approximate surface area is 171 Å². The summed E-state index contributed by atoms with van der Waals surface area (Å²) in [5, 5.41) is 5.69. The van der Waals surface area contributed by atoms with Crippen LogP contribution in [-0.2, 0) is 10.5 Å². The van der Waals surface area contributed by atoms with E-state index in [2.05, 4.69) is 21.7 Å². The maximum Gasteiger partial charge on any atom is 0.251 e. The SMILES string of the molecule is O=C(N[C@H]1CCCCNC1=O)c1ccc(CSc2nc3ccccc3s2)cc1. The van der Waals surface area contributed by atoms with Crippen molar-refractivity contribution in [2.24, 2.45) is 0 Å². The fourth-order valence-corrected chi connectivity index (χ4v) is 5.15. The third-order valence-corrected chi connectivity index (χ3v) is 6.94. The summed E-state index contributed by atoms with van der Waals surface area (Å²) < 4.78 is 2.24. The lowest BCUT2D eigenvalue weighted by atomic mass is 10.1. The average Bonchev–Trinajstić information content (AvgIpc) is 3.03. The van der Waals surface area contributed by atoms with Gasteiger partial charge in [-0.25, -0.2) is 4.98 Å². The van der Waals surface area contributed by atoms with Crippen molar-refractivity contribution < 1.29 is 9.59 Å². The number of carbonyl (C=O) groups excluding carboxylic acids is 2. The molecule has 2 amide bonds. The van der Waals surface area contributed by atoms with Gasteiger partial charge in [0.25, 0.3) is 5.91 Å². The molecule has 1 atom stereocenters. The number of hydrogen-bond acceptors (Lipinski definition) is 5. The molecule has 0 unspecified atom stereocenters. The van der Waals surface area contributed by atoms with Gasteiger partial charge in [-0.15, -0.1) is 11.3 Å². The van der Waals surface area contributed by atoms with Crippen LogP contribution < -0.4 is 10.6 Å². The van der Waals surface area contributed by atoms with E-state index in [1.807, 2.05) is 42.5 Å². The number of para-hydroxylation sites is 1. The maximum absolute atomic E-state index is 12.5. The second-order valence-corrected chi connectivity index (χ2v) is 9.00. The third kappa shape index (κ3) is 4.54. The van der Waals surface area contributed by atoms with Crippen LogP contribution in [0.3, 0.4) is 0 Å². The third-order valence-electron chi connectivity index (χ3n) is 4.69. The molecule has 1 saturated heterocycles. The van der Waals surface area contributed by atoms with Gasteiger partial charge in [-0.1, -0.05) is 36.0 Å². The number of fused-ring (bicyclic) bond motifs is 1. The molecule has 7 heteroatoms. The number of amides is 2. The number of thiazole rings is 1. The number of aromatic nitrogens is 1. The first-order valence-corrected chi connectivity index (χ1v) is 11.2. The molecule has 0 spiro atoms. The van der Waals surface area contributed by atoms with Gasteiger partial charge in [0.15, 0.2) is 4.34 Å². The minimum absolute atomic E-state index is 0.0882. The molecule has 1 fully saturated rings. The van der Waals surface area contributed by atoms with E-state index in [4.69, 9.17) is 0 Å². The molecule has 2 aromatic carbocycles. The van der Waals surface area contributed by atoms with E-state index in [1.54, 1.807) is 23.1 Å². The van der Waals surface area contributed by atoms with Gasteiger partial charge in [-0.3, -0.25) is 9.59 Å². The van der Waals surface area contributed by atoms with Crippen molar-refractivity contribution in [3.05, 3.63) is 59.7 Å². The second-order valence-electron chi connectivity index (χ2n) is 6.75. The highest BCUT2D eigenvalue weighted by molar-refractivity contribution is 8.00. The second kappa shape index (κ2) is 8.75. The van der Waals surface area contributed by atoms with Crippen LogP contribution in [0.25, 0.3) is 10.2 Å². The van der Waals surface area contributed by atoms with E-state index in [9.17, 15) is 9.59 Å². The molecule has 3 aromatic rings. The summed E-state index contributed by atoms with van der Waals surface area (Å²) in [4.78, 5) is 29.1. The maximum atomic E-state index is 12.5. The van der Waals surface area contributed by atoms with Gasteiger partial charge in [0, 0.05) is 17.9 Å². The molecule has 0 radical (unpaired) electrons. The standard InChI is InChI=1S/C21H21N3O2S2/c25-19(23-17-6-3-4-12-22-20(17)26)15-10-8-14(9-11-15)13-27-21-24-16-5-1-2-7-18(16)28-21/h1-2,5,7-11,17H,3-4,6,12-13H2,(H,22,26)(H,23,25)/t17-/m0/s1. The molecule has 1 aliphatic rings. The van der Waals surface area contributed by atoms with Crippen molar-refractivity contribution in [3.63, 3.8) is 0 Å². The smallest absolute Gasteiger partial charge is 0.251 e. The van der Waals surface area contributed by atoms with Crippen molar-refractivity contribution in [2.75, 3.05) is 6.54 Å². The molecule has 0 bridgehead atoms. The summed E-state index contributed by atoms with van der Waals surface area (Å²) >= 11 is 3.39. The molecule has 0 aliphatic carbocycles. The molecule has 2 N–H and O–H groups in total. The first-order valence-electron chi connectivity index (χ1n) is 9.35. The predicted octanol–water partition coefficient (Wildman–Crippen LogP) is 3.99. The summed E-state index contributed by atoms with van der Waals surface area (Å²) in [6.45, 7) is 0.687. The Morgan fingerprint density at radius 3 is 2.82 bits per heavy atom. The van der Waals surface area contributed by atoms with Crippen LogP contribution in [0.2, 0.25) is 0 Å². The van der Waals surface area contributed by atoms with E-state index in [0.29, 0.717) is 18.5 Å². The summed E-state index contributed by atoms with van der Waals surface area (Å²) in [5.41, 5.74) is 2.74. The first-order chi connectivity index (χ1) is 13.7. The Morgan fingerprint density at radius 1 is 1.18 bits per heavy atom. The van der Waals surface area contributed by atoms with Gasteiger partial charge < -0.3 is 10.6 Å². The number of rotatable bonds is 5. The van der Waals surface area contributed by atoms with E-state index in [0.717, 1.165) is 34.0 Å². The summed E-state index contributed by atoms with van der Waals surface area (Å²) in [7, 11) is 0. The fourth-order valence-electron chi connectivity index (χ4n) is 3.13. The van der Waals surface area contributed by atoms with Gasteiger partial charge in [0.1, 0.15) is 6.04 Å². The van der Waals surface area contributed by atoms with Crippen LogP contribution in [0, 0.1) is 0 Å². The summed E-state index contributed by atoms with van der Waals surface area (Å²) in [6.07, 6.45) is 2.58. The molecule has 5 nitrogen and oxygen atoms in total. The zero-order valence-corrected chi connectivity index (χ0v) is 16.9. The van der Waals surface area contributed by atoms with E-state index >= 15 is 0 Å². The molecule has 1 aromatic heterocycles. The predicted molar refractivity (Wildman–Crippen MR) is 114 cm³/mol. The van der Waals surface area contributed by atoms with Crippen molar-refractivity contribution in [2.45, 2.75) is 35.4 Å². The molecule has 144 valence electrons. The van der Waals surface area contributed by atoms with Crippen LogP contribution in [0.5, 0.6) is 0 Å². The van der Waals surface area contributed by atoms with Crippen LogP contribution in [0.1, 0.15) is 35.2 Å². The molecule has 2 heterocycles. The molecule has 4 rings (SSSR count). The monoisotopic (exact) mass is 411 g/mol. The number of nitrogens with zero attached hydrogens (tertiary/aromatic N) is 1. The van der Waals surface area contributed by atoms with Gasteiger partial charge in [-0.2, -0.15) is 0 Å². The van der Waals surface area contributed by atoms with Crippen molar-refractivity contribution >= 4 is 45.1 Å². The number of nitrogens with one attached hydrogen (secondary N) is 2. The van der Waals surface area contributed by atoms with Crippen LogP contribution in [0.15, 0.2) is 52.9 Å². The van der Waals surface area contributed by atoms with E-state index in [-0.39, 0.29) is 11.8 Å². The van der Waals surface area contributed by atoms with Gasteiger partial charge in [0.2, 0.25) is 5.91 Å². The Morgan fingerprint density at radius 2 is 2.00 bits per heavy atom. The van der Waals surface area contributed by atoms with Crippen LogP contribution in [-0.4, -0.2) is 29.4 Å². The molecule has 1 aliphatic heterocycles. The normalized spacial score (nSPS) is 17.1. The molecule has 28 heavy (non-hydrogen) atoms. The summed E-state index contributed by atoms with van der Waals surface area (Å²) in [6, 6.07) is 15.2. The highest BCUT2D eigenvalue weighted by atomic mass is 32.2. The molecular weight excluding hydrogens is 390 g/mol. The number of hydrogen-bond donors (Lipinski definition) is 2. The molecule has 0 saturated carbocycles. The largest absolute Gasteiger partial charge is 0.354 e. The van der Waals surface area contributed by atoms with Crippen molar-refractivity contribution in [1.29, 1.82) is 0 Å². The Hall–Kier alpha value is -2.38. The minimum Gasteiger partial charge on any atom is -0.354 e. The van der Waals surface area contributed by atoms with Crippen LogP contribution in [0.4, 0.5) is 0 Å². The quantitative estimate of drug-likeness (QED) is 0.623. The zero-order chi connectivity index (χ0) is 19.3. The number of thioether (sulfide) groups is 1. The highest BCUT2D eigenvalue weighted by Crippen LogP contribution is 2.31. The fraction of sp³-hybridized carbons (Fsp3) is 0.286. The van der Waals surface area contributed by atoms with Gasteiger partial charge >= 0.3 is 0 Å². The van der Waals surface area contributed by atoms with Gasteiger partial charge in [-0.05, 0) is 49.1 Å². The van der Waals surface area contributed by atoms with E-state index in [1.165, 1.54) is 4.70 Å². The lowest BCUT2D eigenvalue weighted by Gasteiger charge is -2.15. The van der Waals surface area contributed by atoms with Crippen molar-refractivity contribution in [3.8, 4) is 0 Å². The van der Waals surface area contributed by atoms with Crippen LogP contribution >= 0.6 is 23.1 Å². The highest BCUT2D eigenvalue weighted by Gasteiger charge is 2.22. The topological polar surface area (TPSA) is 71.1 Å². The molecular formula is C21H21N3O2S2. The lowest BCUT2D eigenvalue weighted by molar-refractivity contribution is -0.122. The average molecular weight is 412 g/mol. The van der Waals surface area contributed by atoms with E-state index < -0.39 is 6.04 Å². The van der Waals surface area contributed by atoms with Crippen molar-refractivity contribution in [1.82, 2.24) is 15.6 Å². The Balaban J connectivity index is 1.35. The Kier molecular flexibility index (Phi) is 5.92. The van der Waals surface area contributed by atoms with Gasteiger partial charge in [0.05, 0.1) is 10.2 Å². The zero-order valence-electron chi connectivity index (χ0n) is 15.3. The first kappa shape index (κ1) is 19.0. The number of carbonyl (C=O) groups is 2. The summed E-state index contributed by atoms with van der Waals surface area (Å²) in [5.74, 6) is 0.509. The lowest BCUT2D eigenvalue weighted by Crippen LogP contribution is -2.45. The minimum atomic E-state index is -0.440. The Bertz CT molecular complexity index is 952. The number of benzene rings is 2.